The van der Waals surface area contributed by atoms with E-state index >= 15 is 0 Å². The molecule has 1 N–H and O–H groups in total. The molecule has 0 fully saturated rings. The van der Waals surface area contributed by atoms with Gasteiger partial charge in [0.2, 0.25) is 0 Å². The van der Waals surface area contributed by atoms with Gasteiger partial charge in [0, 0.05) is 30.1 Å². The maximum Gasteiger partial charge on any atom is 0.255 e. The lowest BCUT2D eigenvalue weighted by Gasteiger charge is -2.26. The van der Waals surface area contributed by atoms with Gasteiger partial charge in [0.15, 0.2) is 9.84 Å². The van der Waals surface area contributed by atoms with Gasteiger partial charge in [-0.3, -0.25) is 9.59 Å². The predicted molar refractivity (Wildman–Crippen MR) is 121 cm³/mol. The smallest absolute Gasteiger partial charge is 0.255 e. The fourth-order valence-electron chi connectivity index (χ4n) is 3.13. The summed E-state index contributed by atoms with van der Waals surface area (Å²) in [7, 11) is -1.75. The first-order valence-corrected chi connectivity index (χ1v) is 11.6. The van der Waals surface area contributed by atoms with E-state index in [-0.39, 0.29) is 22.8 Å². The molecule has 0 aromatic heterocycles. The van der Waals surface area contributed by atoms with Crippen LogP contribution in [0.2, 0.25) is 0 Å². The number of rotatable bonds is 6. The Labute approximate surface area is 182 Å². The predicted octanol–water partition coefficient (Wildman–Crippen LogP) is 4.18. The van der Waals surface area contributed by atoms with Crippen molar-refractivity contribution in [3.05, 3.63) is 95.6 Å². The zero-order chi connectivity index (χ0) is 22.6. The minimum Gasteiger partial charge on any atom is -0.335 e. The lowest BCUT2D eigenvalue weighted by Crippen LogP contribution is -2.29. The van der Waals surface area contributed by atoms with Crippen LogP contribution in [-0.4, -0.2) is 38.4 Å². The fraction of sp³-hybridized carbons (Fsp3) is 0.167. The molecule has 0 saturated carbocycles. The molecule has 0 saturated heterocycles. The summed E-state index contributed by atoms with van der Waals surface area (Å²) in [5.74, 6) is -0.510. The molecule has 1 atom stereocenters. The number of hydrogen-bond donors (Lipinski definition) is 1. The quantitative estimate of drug-likeness (QED) is 0.628. The molecular weight excluding hydrogens is 412 g/mol. The van der Waals surface area contributed by atoms with Crippen LogP contribution in [0.15, 0.2) is 83.8 Å². The SMILES string of the molecule is C[C@@H](c1cccc(NC(=O)c2ccccc2)c1)N(C)C(=O)c1cccc(S(C)(=O)=O)c1. The Morgan fingerprint density at radius 2 is 1.52 bits per heavy atom. The summed E-state index contributed by atoms with van der Waals surface area (Å²) >= 11 is 0. The maximum absolute atomic E-state index is 12.9. The van der Waals surface area contributed by atoms with E-state index in [1.807, 2.05) is 31.2 Å². The first-order valence-electron chi connectivity index (χ1n) is 9.70. The number of carbonyl (C=O) groups excluding carboxylic acids is 2. The Kier molecular flexibility index (Phi) is 6.56. The van der Waals surface area contributed by atoms with Gasteiger partial charge < -0.3 is 10.2 Å². The molecule has 0 aliphatic carbocycles. The Balaban J connectivity index is 1.78. The second-order valence-electron chi connectivity index (χ2n) is 7.34. The van der Waals surface area contributed by atoms with Crippen molar-refractivity contribution in [1.29, 1.82) is 0 Å². The van der Waals surface area contributed by atoms with E-state index in [9.17, 15) is 18.0 Å². The molecule has 0 bridgehead atoms. The average Bonchev–Trinajstić information content (AvgIpc) is 2.78. The van der Waals surface area contributed by atoms with Crippen molar-refractivity contribution in [3.63, 3.8) is 0 Å². The Morgan fingerprint density at radius 3 is 2.19 bits per heavy atom. The minimum absolute atomic E-state index is 0.102. The lowest BCUT2D eigenvalue weighted by molar-refractivity contribution is 0.0742. The third-order valence-electron chi connectivity index (χ3n) is 5.07. The van der Waals surface area contributed by atoms with Crippen LogP contribution in [0.4, 0.5) is 5.69 Å². The second kappa shape index (κ2) is 9.14. The highest BCUT2D eigenvalue weighted by molar-refractivity contribution is 7.90. The topological polar surface area (TPSA) is 83.6 Å². The fourth-order valence-corrected chi connectivity index (χ4v) is 3.80. The van der Waals surface area contributed by atoms with Gasteiger partial charge >= 0.3 is 0 Å². The molecule has 0 radical (unpaired) electrons. The summed E-state index contributed by atoms with van der Waals surface area (Å²) in [6.07, 6.45) is 1.11. The molecule has 0 aliphatic heterocycles. The van der Waals surface area contributed by atoms with Crippen molar-refractivity contribution in [2.24, 2.45) is 0 Å². The van der Waals surface area contributed by atoms with E-state index in [1.165, 1.54) is 12.1 Å². The van der Waals surface area contributed by atoms with Gasteiger partial charge in [-0.15, -0.1) is 0 Å². The number of nitrogens with zero attached hydrogens (tertiary/aromatic N) is 1. The van der Waals surface area contributed by atoms with Crippen LogP contribution in [0, 0.1) is 0 Å². The zero-order valence-corrected chi connectivity index (χ0v) is 18.4. The second-order valence-corrected chi connectivity index (χ2v) is 9.35. The molecule has 0 unspecified atom stereocenters. The lowest BCUT2D eigenvalue weighted by atomic mass is 10.1. The largest absolute Gasteiger partial charge is 0.335 e. The Morgan fingerprint density at radius 1 is 0.871 bits per heavy atom. The van der Waals surface area contributed by atoms with Crippen LogP contribution >= 0.6 is 0 Å². The van der Waals surface area contributed by atoms with Gasteiger partial charge in [-0.05, 0) is 55.0 Å². The van der Waals surface area contributed by atoms with E-state index in [1.54, 1.807) is 54.4 Å². The first-order chi connectivity index (χ1) is 14.7. The van der Waals surface area contributed by atoms with Crippen LogP contribution in [0.5, 0.6) is 0 Å². The Bertz CT molecular complexity index is 1210. The number of anilines is 1. The number of amides is 2. The van der Waals surface area contributed by atoms with Gasteiger partial charge in [0.25, 0.3) is 11.8 Å². The normalized spacial score (nSPS) is 12.1. The molecule has 0 heterocycles. The zero-order valence-electron chi connectivity index (χ0n) is 17.6. The molecular formula is C24H24N2O4S. The van der Waals surface area contributed by atoms with Gasteiger partial charge in [0.1, 0.15) is 0 Å². The minimum atomic E-state index is -3.41. The van der Waals surface area contributed by atoms with Crippen molar-refractivity contribution in [3.8, 4) is 0 Å². The van der Waals surface area contributed by atoms with E-state index in [0.717, 1.165) is 11.8 Å². The number of benzene rings is 3. The van der Waals surface area contributed by atoms with E-state index < -0.39 is 9.84 Å². The summed E-state index contributed by atoms with van der Waals surface area (Å²) in [6.45, 7) is 1.87. The molecule has 3 aromatic carbocycles. The highest BCUT2D eigenvalue weighted by atomic mass is 32.2. The summed E-state index contributed by atoms with van der Waals surface area (Å²) in [6, 6.07) is 21.9. The van der Waals surface area contributed by atoms with Crippen molar-refractivity contribution in [1.82, 2.24) is 4.90 Å². The van der Waals surface area contributed by atoms with Gasteiger partial charge in [0.05, 0.1) is 10.9 Å². The monoisotopic (exact) mass is 436 g/mol. The summed E-state index contributed by atoms with van der Waals surface area (Å²) < 4.78 is 23.6. The number of sulfone groups is 1. The van der Waals surface area contributed by atoms with Crippen molar-refractivity contribution < 1.29 is 18.0 Å². The third-order valence-corrected chi connectivity index (χ3v) is 6.18. The van der Waals surface area contributed by atoms with Crippen LogP contribution in [-0.2, 0) is 9.84 Å². The third kappa shape index (κ3) is 5.38. The number of nitrogens with one attached hydrogen (secondary N) is 1. The van der Waals surface area contributed by atoms with Crippen LogP contribution in [0.25, 0.3) is 0 Å². The van der Waals surface area contributed by atoms with Gasteiger partial charge in [-0.2, -0.15) is 0 Å². The van der Waals surface area contributed by atoms with E-state index in [0.29, 0.717) is 16.8 Å². The standard InChI is InChI=1S/C24H24N2O4S/c1-17(26(2)24(28)20-12-8-14-22(16-20)31(3,29)30)19-11-7-13-21(15-19)25-23(27)18-9-5-4-6-10-18/h4-17H,1-3H3,(H,25,27)/t17-/m0/s1. The van der Waals surface area contributed by atoms with Gasteiger partial charge in [-0.1, -0.05) is 36.4 Å². The Hall–Kier alpha value is -3.45. The maximum atomic E-state index is 12.9. The number of carbonyl (C=O) groups is 2. The first kappa shape index (κ1) is 22.2. The summed E-state index contributed by atoms with van der Waals surface area (Å²) in [4.78, 5) is 27.0. The molecule has 0 spiro atoms. The van der Waals surface area contributed by atoms with Crippen molar-refractivity contribution >= 4 is 27.3 Å². The molecule has 6 nitrogen and oxygen atoms in total. The number of hydrogen-bond acceptors (Lipinski definition) is 4. The molecule has 160 valence electrons. The molecule has 3 rings (SSSR count). The van der Waals surface area contributed by atoms with E-state index in [2.05, 4.69) is 5.32 Å². The molecule has 31 heavy (non-hydrogen) atoms. The summed E-state index contributed by atoms with van der Waals surface area (Å²) in [5.41, 5.74) is 2.31. The highest BCUT2D eigenvalue weighted by Crippen LogP contribution is 2.24. The molecule has 7 heteroatoms. The van der Waals surface area contributed by atoms with Crippen LogP contribution in [0.1, 0.15) is 39.2 Å². The molecule has 3 aromatic rings. The molecule has 2 amide bonds. The highest BCUT2D eigenvalue weighted by Gasteiger charge is 2.21. The average molecular weight is 437 g/mol. The van der Waals surface area contributed by atoms with Gasteiger partial charge in [-0.25, -0.2) is 8.42 Å². The van der Waals surface area contributed by atoms with E-state index in [4.69, 9.17) is 0 Å². The van der Waals surface area contributed by atoms with Crippen LogP contribution < -0.4 is 5.32 Å². The summed E-state index contributed by atoms with van der Waals surface area (Å²) in [5, 5.41) is 2.87. The molecule has 0 aliphatic rings. The van der Waals surface area contributed by atoms with Crippen LogP contribution in [0.3, 0.4) is 0 Å². The van der Waals surface area contributed by atoms with Crippen molar-refractivity contribution in [2.75, 3.05) is 18.6 Å². The van der Waals surface area contributed by atoms with Crippen molar-refractivity contribution in [2.45, 2.75) is 17.9 Å².